The molecule has 1 saturated heterocycles. The summed E-state index contributed by atoms with van der Waals surface area (Å²) in [6.07, 6.45) is 0.257. The van der Waals surface area contributed by atoms with E-state index >= 15 is 0 Å². The Bertz CT molecular complexity index is 773. The fourth-order valence-electron chi connectivity index (χ4n) is 2.12. The van der Waals surface area contributed by atoms with Crippen molar-refractivity contribution in [3.05, 3.63) is 29.3 Å². The van der Waals surface area contributed by atoms with Gasteiger partial charge in [-0.2, -0.15) is 0 Å². The van der Waals surface area contributed by atoms with Gasteiger partial charge in [0.05, 0.1) is 10.6 Å². The lowest BCUT2D eigenvalue weighted by molar-refractivity contribution is -0.141. The first-order chi connectivity index (χ1) is 11.0. The number of nitrogens with zero attached hydrogens (tertiary/aromatic N) is 3. The van der Waals surface area contributed by atoms with Crippen LogP contribution >= 0.6 is 11.6 Å². The second-order valence-corrected chi connectivity index (χ2v) is 5.22. The predicted molar refractivity (Wildman–Crippen MR) is 79.3 cm³/mol. The molecule has 1 fully saturated rings. The van der Waals surface area contributed by atoms with Crippen LogP contribution in [0.1, 0.15) is 12.8 Å². The van der Waals surface area contributed by atoms with Gasteiger partial charge < -0.3 is 4.42 Å². The molecule has 1 aliphatic heterocycles. The standard InChI is InChI=1S/C14H11ClN4O4/c15-9-4-2-1-3-8(9)13-17-18-14(23-13)16-10(20)7-19-11(21)5-6-12(19)22/h1-4H,5-7H2,(H,16,18,20). The molecule has 2 heterocycles. The summed E-state index contributed by atoms with van der Waals surface area (Å²) < 4.78 is 5.31. The van der Waals surface area contributed by atoms with Gasteiger partial charge in [-0.05, 0) is 12.1 Å². The van der Waals surface area contributed by atoms with Crippen molar-refractivity contribution in [1.82, 2.24) is 15.1 Å². The Kier molecular flexibility index (Phi) is 4.07. The van der Waals surface area contributed by atoms with Crippen LogP contribution in [0.15, 0.2) is 28.7 Å². The molecular weight excluding hydrogens is 324 g/mol. The average Bonchev–Trinajstić information content (AvgIpc) is 3.09. The zero-order chi connectivity index (χ0) is 16.4. The van der Waals surface area contributed by atoms with Gasteiger partial charge in [-0.1, -0.05) is 28.8 Å². The molecule has 3 rings (SSSR count). The van der Waals surface area contributed by atoms with Gasteiger partial charge >= 0.3 is 6.01 Å². The summed E-state index contributed by atoms with van der Waals surface area (Å²) in [5.41, 5.74) is 0.534. The SMILES string of the molecule is O=C(CN1C(=O)CCC1=O)Nc1nnc(-c2ccccc2Cl)o1. The predicted octanol–water partition coefficient (Wildman–Crippen LogP) is 1.48. The van der Waals surface area contributed by atoms with Gasteiger partial charge in [-0.3, -0.25) is 24.6 Å². The van der Waals surface area contributed by atoms with Crippen molar-refractivity contribution in [2.45, 2.75) is 12.8 Å². The summed E-state index contributed by atoms with van der Waals surface area (Å²) in [4.78, 5) is 35.7. The fourth-order valence-corrected chi connectivity index (χ4v) is 2.34. The van der Waals surface area contributed by atoms with E-state index in [0.717, 1.165) is 4.90 Å². The summed E-state index contributed by atoms with van der Waals surface area (Å²) in [7, 11) is 0. The van der Waals surface area contributed by atoms with Crippen LogP contribution in [0.2, 0.25) is 5.02 Å². The van der Waals surface area contributed by atoms with Gasteiger partial charge in [0.2, 0.25) is 17.7 Å². The molecule has 0 saturated carbocycles. The molecular formula is C14H11ClN4O4. The molecule has 0 spiro atoms. The van der Waals surface area contributed by atoms with E-state index in [0.29, 0.717) is 10.6 Å². The highest BCUT2D eigenvalue weighted by atomic mass is 35.5. The van der Waals surface area contributed by atoms with E-state index in [1.54, 1.807) is 24.3 Å². The fraction of sp³-hybridized carbons (Fsp3) is 0.214. The maximum atomic E-state index is 11.9. The molecule has 0 bridgehead atoms. The molecule has 9 heteroatoms. The van der Waals surface area contributed by atoms with Crippen molar-refractivity contribution in [1.29, 1.82) is 0 Å². The second-order valence-electron chi connectivity index (χ2n) is 4.81. The molecule has 1 N–H and O–H groups in total. The molecule has 0 unspecified atom stereocenters. The second kappa shape index (κ2) is 6.17. The lowest BCUT2D eigenvalue weighted by Gasteiger charge is -2.11. The van der Waals surface area contributed by atoms with Crippen LogP contribution < -0.4 is 5.32 Å². The first-order valence-corrected chi connectivity index (χ1v) is 7.14. The Morgan fingerprint density at radius 3 is 2.61 bits per heavy atom. The minimum Gasteiger partial charge on any atom is -0.403 e. The van der Waals surface area contributed by atoms with Crippen LogP contribution in [-0.4, -0.2) is 39.4 Å². The van der Waals surface area contributed by atoms with Crippen LogP contribution in [0.3, 0.4) is 0 Å². The number of carbonyl (C=O) groups is 3. The number of rotatable bonds is 4. The largest absolute Gasteiger partial charge is 0.403 e. The Labute approximate surface area is 135 Å². The van der Waals surface area contributed by atoms with E-state index < -0.39 is 5.91 Å². The number of amides is 3. The van der Waals surface area contributed by atoms with Crippen molar-refractivity contribution in [3.63, 3.8) is 0 Å². The number of halogens is 1. The number of likely N-dealkylation sites (tertiary alicyclic amines) is 1. The zero-order valence-corrected chi connectivity index (χ0v) is 12.5. The number of aromatic nitrogens is 2. The highest BCUT2D eigenvalue weighted by Crippen LogP contribution is 2.27. The van der Waals surface area contributed by atoms with Crippen LogP contribution in [0.4, 0.5) is 6.01 Å². The number of benzene rings is 1. The average molecular weight is 335 g/mol. The number of hydrogen-bond donors (Lipinski definition) is 1. The third-order valence-electron chi connectivity index (χ3n) is 3.23. The maximum Gasteiger partial charge on any atom is 0.322 e. The topological polar surface area (TPSA) is 105 Å². The smallest absolute Gasteiger partial charge is 0.322 e. The quantitative estimate of drug-likeness (QED) is 0.849. The van der Waals surface area contributed by atoms with E-state index in [9.17, 15) is 14.4 Å². The van der Waals surface area contributed by atoms with Crippen LogP contribution in [0, 0.1) is 0 Å². The Balaban J connectivity index is 1.67. The number of anilines is 1. The molecule has 1 aromatic heterocycles. The summed E-state index contributed by atoms with van der Waals surface area (Å²) in [6.45, 7) is -0.374. The number of carbonyl (C=O) groups excluding carboxylic acids is 3. The monoisotopic (exact) mass is 334 g/mol. The number of nitrogens with one attached hydrogen (secondary N) is 1. The molecule has 23 heavy (non-hydrogen) atoms. The minimum atomic E-state index is -0.594. The molecule has 0 aliphatic carbocycles. The van der Waals surface area contributed by atoms with Gasteiger partial charge in [0.1, 0.15) is 6.54 Å². The van der Waals surface area contributed by atoms with E-state index in [1.165, 1.54) is 0 Å². The number of imide groups is 1. The third-order valence-corrected chi connectivity index (χ3v) is 3.56. The molecule has 118 valence electrons. The highest BCUT2D eigenvalue weighted by Gasteiger charge is 2.30. The van der Waals surface area contributed by atoms with Crippen molar-refractivity contribution >= 4 is 35.3 Å². The van der Waals surface area contributed by atoms with Gasteiger partial charge in [0.25, 0.3) is 5.89 Å². The molecule has 3 amide bonds. The lowest BCUT2D eigenvalue weighted by atomic mass is 10.2. The summed E-state index contributed by atoms with van der Waals surface area (Å²) in [5, 5.41) is 10.3. The summed E-state index contributed by atoms with van der Waals surface area (Å²) >= 11 is 6.02. The highest BCUT2D eigenvalue weighted by molar-refractivity contribution is 6.33. The lowest BCUT2D eigenvalue weighted by Crippen LogP contribution is -2.36. The summed E-state index contributed by atoms with van der Waals surface area (Å²) in [5.74, 6) is -1.18. The van der Waals surface area contributed by atoms with Crippen LogP contribution in [0.5, 0.6) is 0 Å². The molecule has 8 nitrogen and oxygen atoms in total. The molecule has 2 aromatic rings. The zero-order valence-electron chi connectivity index (χ0n) is 11.8. The first kappa shape index (κ1) is 15.2. The van der Waals surface area contributed by atoms with Crippen LogP contribution in [-0.2, 0) is 14.4 Å². The van der Waals surface area contributed by atoms with Gasteiger partial charge in [0.15, 0.2) is 0 Å². The normalized spacial score (nSPS) is 14.4. The number of hydrogen-bond acceptors (Lipinski definition) is 6. The van der Waals surface area contributed by atoms with Gasteiger partial charge in [0, 0.05) is 12.8 Å². The van der Waals surface area contributed by atoms with Gasteiger partial charge in [-0.15, -0.1) is 5.10 Å². The van der Waals surface area contributed by atoms with Crippen LogP contribution in [0.25, 0.3) is 11.5 Å². The van der Waals surface area contributed by atoms with E-state index in [2.05, 4.69) is 15.5 Å². The molecule has 1 aromatic carbocycles. The van der Waals surface area contributed by atoms with Crippen molar-refractivity contribution in [2.24, 2.45) is 0 Å². The Hall–Kier alpha value is -2.74. The summed E-state index contributed by atoms with van der Waals surface area (Å²) in [6, 6.07) is 6.75. The van der Waals surface area contributed by atoms with Crippen molar-refractivity contribution in [3.8, 4) is 11.5 Å². The molecule has 0 atom stereocenters. The van der Waals surface area contributed by atoms with Crippen molar-refractivity contribution in [2.75, 3.05) is 11.9 Å². The molecule has 0 radical (unpaired) electrons. The van der Waals surface area contributed by atoms with E-state index in [4.69, 9.17) is 16.0 Å². The Morgan fingerprint density at radius 1 is 1.22 bits per heavy atom. The maximum absolute atomic E-state index is 11.9. The first-order valence-electron chi connectivity index (χ1n) is 6.76. The van der Waals surface area contributed by atoms with Gasteiger partial charge in [-0.25, -0.2) is 0 Å². The van der Waals surface area contributed by atoms with E-state index in [1.807, 2.05) is 0 Å². The van der Waals surface area contributed by atoms with E-state index in [-0.39, 0.29) is 43.1 Å². The Morgan fingerprint density at radius 2 is 1.91 bits per heavy atom. The molecule has 1 aliphatic rings. The minimum absolute atomic E-state index is 0.128. The van der Waals surface area contributed by atoms with Crippen molar-refractivity contribution < 1.29 is 18.8 Å². The third kappa shape index (κ3) is 3.21.